The second-order valence-electron chi connectivity index (χ2n) is 4.98. The molecule has 1 aromatic rings. The van der Waals surface area contributed by atoms with E-state index in [4.69, 9.17) is 0 Å². The molecule has 21 heavy (non-hydrogen) atoms. The van der Waals surface area contributed by atoms with Crippen molar-refractivity contribution in [2.75, 3.05) is 32.1 Å². The van der Waals surface area contributed by atoms with Gasteiger partial charge in [0.2, 0.25) is 5.91 Å². The Balaban J connectivity index is 3.17. The molecule has 1 N–H and O–H groups in total. The van der Waals surface area contributed by atoms with Crippen LogP contribution in [0.25, 0.3) is 0 Å². The molecule has 0 aliphatic heterocycles. The normalized spacial score (nSPS) is 12.0. The van der Waals surface area contributed by atoms with Crippen molar-refractivity contribution in [2.24, 2.45) is 0 Å². The lowest BCUT2D eigenvalue weighted by atomic mass is 10.3. The van der Waals surface area contributed by atoms with E-state index in [-0.39, 0.29) is 18.1 Å². The molecule has 8 heteroatoms. The van der Waals surface area contributed by atoms with Crippen molar-refractivity contribution in [1.82, 2.24) is 4.90 Å². The fraction of sp³-hybridized carbons (Fsp3) is 0.615. The molecule has 0 unspecified atom stereocenters. The summed E-state index contributed by atoms with van der Waals surface area (Å²) in [7, 11) is 3.30. The first kappa shape index (κ1) is 17.4. The standard InChI is InChI=1S/C13H21N3O4S/c1-5-6-15(8-12(18)14(3)4)13-10(16(19)20)7-11(21-13)9(2)17/h7,9,17H,5-6,8H2,1-4H3/t9-/m1/s1. The van der Waals surface area contributed by atoms with E-state index in [1.807, 2.05) is 6.92 Å². The Hall–Kier alpha value is -1.67. The van der Waals surface area contributed by atoms with E-state index in [0.717, 1.165) is 17.8 Å². The number of thiophene rings is 1. The Bertz CT molecular complexity index is 514. The second-order valence-corrected chi connectivity index (χ2v) is 6.04. The first-order chi connectivity index (χ1) is 9.77. The van der Waals surface area contributed by atoms with Crippen molar-refractivity contribution in [2.45, 2.75) is 26.4 Å². The number of anilines is 1. The Morgan fingerprint density at radius 2 is 2.14 bits per heavy atom. The highest BCUT2D eigenvalue weighted by atomic mass is 32.1. The summed E-state index contributed by atoms with van der Waals surface area (Å²) in [6, 6.07) is 1.38. The predicted octanol–water partition coefficient (Wildman–Crippen LogP) is 2.01. The third-order valence-corrected chi connectivity index (χ3v) is 4.28. The van der Waals surface area contributed by atoms with Crippen molar-refractivity contribution in [1.29, 1.82) is 0 Å². The molecule has 0 bridgehead atoms. The lowest BCUT2D eigenvalue weighted by Gasteiger charge is -2.23. The number of aliphatic hydroxyl groups excluding tert-OH is 1. The Morgan fingerprint density at radius 3 is 2.57 bits per heavy atom. The van der Waals surface area contributed by atoms with Crippen LogP contribution in [-0.4, -0.2) is 48.0 Å². The number of amides is 1. The quantitative estimate of drug-likeness (QED) is 0.614. The van der Waals surface area contributed by atoms with E-state index < -0.39 is 11.0 Å². The van der Waals surface area contributed by atoms with Gasteiger partial charge in [-0.1, -0.05) is 6.92 Å². The third-order valence-electron chi connectivity index (χ3n) is 2.93. The zero-order valence-corrected chi connectivity index (χ0v) is 13.5. The predicted molar refractivity (Wildman–Crippen MR) is 82.8 cm³/mol. The summed E-state index contributed by atoms with van der Waals surface area (Å²) >= 11 is 1.16. The topological polar surface area (TPSA) is 86.9 Å². The SMILES string of the molecule is CCCN(CC(=O)N(C)C)c1sc([C@@H](C)O)cc1[N+](=O)[O-]. The number of carbonyl (C=O) groups excluding carboxylic acids is 1. The summed E-state index contributed by atoms with van der Waals surface area (Å²) in [5, 5.41) is 21.2. The highest BCUT2D eigenvalue weighted by Crippen LogP contribution is 2.40. The summed E-state index contributed by atoms with van der Waals surface area (Å²) in [6.07, 6.45) is -0.00441. The molecule has 1 atom stereocenters. The molecular formula is C13H21N3O4S. The molecule has 0 saturated carbocycles. The van der Waals surface area contributed by atoms with Crippen LogP contribution in [0.3, 0.4) is 0 Å². The molecule has 0 radical (unpaired) electrons. The zero-order chi connectivity index (χ0) is 16.2. The first-order valence-electron chi connectivity index (χ1n) is 6.69. The summed E-state index contributed by atoms with van der Waals surface area (Å²) in [5.74, 6) is -0.121. The number of hydrogen-bond donors (Lipinski definition) is 1. The van der Waals surface area contributed by atoms with Crippen LogP contribution in [0.2, 0.25) is 0 Å². The van der Waals surface area contributed by atoms with Crippen LogP contribution >= 0.6 is 11.3 Å². The number of nitrogens with zero attached hydrogens (tertiary/aromatic N) is 3. The number of aliphatic hydroxyl groups is 1. The van der Waals surface area contributed by atoms with Gasteiger partial charge < -0.3 is 14.9 Å². The average Bonchev–Trinajstić information content (AvgIpc) is 2.83. The molecule has 0 saturated heterocycles. The molecule has 1 rings (SSSR count). The maximum Gasteiger partial charge on any atom is 0.304 e. The van der Waals surface area contributed by atoms with Gasteiger partial charge in [-0.15, -0.1) is 11.3 Å². The van der Waals surface area contributed by atoms with E-state index >= 15 is 0 Å². The lowest BCUT2D eigenvalue weighted by molar-refractivity contribution is -0.383. The lowest BCUT2D eigenvalue weighted by Crippen LogP contribution is -2.37. The summed E-state index contributed by atoms with van der Waals surface area (Å²) in [6.45, 7) is 4.14. The highest BCUT2D eigenvalue weighted by molar-refractivity contribution is 7.16. The van der Waals surface area contributed by atoms with Gasteiger partial charge in [0.1, 0.15) is 0 Å². The summed E-state index contributed by atoms with van der Waals surface area (Å²) in [5.41, 5.74) is -0.0593. The Morgan fingerprint density at radius 1 is 1.52 bits per heavy atom. The van der Waals surface area contributed by atoms with Gasteiger partial charge in [-0.05, 0) is 13.3 Å². The molecule has 0 fully saturated rings. The van der Waals surface area contributed by atoms with Crippen LogP contribution in [0.1, 0.15) is 31.2 Å². The van der Waals surface area contributed by atoms with Crippen molar-refractivity contribution < 1.29 is 14.8 Å². The number of likely N-dealkylation sites (N-methyl/N-ethyl adjacent to an activating group) is 1. The second kappa shape index (κ2) is 7.37. The van der Waals surface area contributed by atoms with Crippen molar-refractivity contribution >= 4 is 27.9 Å². The van der Waals surface area contributed by atoms with Crippen molar-refractivity contribution in [3.8, 4) is 0 Å². The minimum atomic E-state index is -0.768. The molecule has 0 aliphatic carbocycles. The van der Waals surface area contributed by atoms with Crippen molar-refractivity contribution in [3.63, 3.8) is 0 Å². The molecule has 1 amide bonds. The van der Waals surface area contributed by atoms with Gasteiger partial charge in [0.25, 0.3) is 0 Å². The van der Waals surface area contributed by atoms with Gasteiger partial charge in [-0.3, -0.25) is 14.9 Å². The third kappa shape index (κ3) is 4.40. The number of carbonyl (C=O) groups is 1. The molecule has 7 nitrogen and oxygen atoms in total. The van der Waals surface area contributed by atoms with Gasteiger partial charge >= 0.3 is 5.69 Å². The summed E-state index contributed by atoms with van der Waals surface area (Å²) in [4.78, 5) is 26.3. The van der Waals surface area contributed by atoms with Crippen LogP contribution < -0.4 is 4.90 Å². The largest absolute Gasteiger partial charge is 0.388 e. The average molecular weight is 315 g/mol. The van der Waals surface area contributed by atoms with Crippen LogP contribution in [-0.2, 0) is 4.79 Å². The van der Waals surface area contributed by atoms with Crippen LogP contribution in [0, 0.1) is 10.1 Å². The van der Waals surface area contributed by atoms with Crippen LogP contribution in [0.5, 0.6) is 0 Å². The van der Waals surface area contributed by atoms with Gasteiger partial charge in [0.15, 0.2) is 5.00 Å². The molecule has 1 heterocycles. The molecular weight excluding hydrogens is 294 g/mol. The van der Waals surface area contributed by atoms with Crippen molar-refractivity contribution in [3.05, 3.63) is 21.1 Å². The fourth-order valence-corrected chi connectivity index (χ4v) is 2.87. The van der Waals surface area contributed by atoms with Gasteiger partial charge in [0, 0.05) is 31.6 Å². The number of hydrogen-bond acceptors (Lipinski definition) is 6. The molecule has 0 aliphatic rings. The van der Waals surface area contributed by atoms with Crippen LogP contribution in [0.15, 0.2) is 6.07 Å². The van der Waals surface area contributed by atoms with E-state index in [2.05, 4.69) is 0 Å². The molecule has 0 aromatic carbocycles. The van der Waals surface area contributed by atoms with E-state index in [9.17, 15) is 20.0 Å². The first-order valence-corrected chi connectivity index (χ1v) is 7.50. The Labute approximate surface area is 127 Å². The number of nitro groups is 1. The van der Waals surface area contributed by atoms with E-state index in [1.54, 1.807) is 25.9 Å². The fourth-order valence-electron chi connectivity index (χ4n) is 1.78. The maximum absolute atomic E-state index is 11.9. The smallest absolute Gasteiger partial charge is 0.304 e. The number of rotatable bonds is 7. The van der Waals surface area contributed by atoms with E-state index in [1.165, 1.54) is 11.0 Å². The minimum Gasteiger partial charge on any atom is -0.388 e. The highest BCUT2D eigenvalue weighted by Gasteiger charge is 2.26. The Kier molecular flexibility index (Phi) is 6.10. The molecule has 0 spiro atoms. The molecule has 1 aromatic heterocycles. The maximum atomic E-state index is 11.9. The molecule has 118 valence electrons. The minimum absolute atomic E-state index is 0.0593. The van der Waals surface area contributed by atoms with Gasteiger partial charge in [-0.25, -0.2) is 0 Å². The van der Waals surface area contributed by atoms with Gasteiger partial charge in [-0.2, -0.15) is 0 Å². The monoisotopic (exact) mass is 315 g/mol. The van der Waals surface area contributed by atoms with E-state index in [0.29, 0.717) is 16.4 Å². The summed E-state index contributed by atoms with van der Waals surface area (Å²) < 4.78 is 0. The van der Waals surface area contributed by atoms with Crippen LogP contribution in [0.4, 0.5) is 10.7 Å². The van der Waals surface area contributed by atoms with Gasteiger partial charge in [0.05, 0.1) is 17.6 Å². The zero-order valence-electron chi connectivity index (χ0n) is 12.7.